The molecule has 0 aliphatic carbocycles. The third-order valence-corrected chi connectivity index (χ3v) is 5.59. The molecule has 3 nitrogen and oxygen atoms in total. The molecule has 6 rings (SSSR count). The van der Waals surface area contributed by atoms with Crippen LogP contribution in [0.4, 0.5) is 0 Å². The molecule has 0 bridgehead atoms. The molecule has 4 aromatic carbocycles. The van der Waals surface area contributed by atoms with Crippen LogP contribution in [0.25, 0.3) is 55.7 Å². The first-order chi connectivity index (χ1) is 15.3. The molecule has 0 aliphatic heterocycles. The molecule has 0 aliphatic rings. The van der Waals surface area contributed by atoms with Crippen molar-refractivity contribution in [2.45, 2.75) is 0 Å². The summed E-state index contributed by atoms with van der Waals surface area (Å²) in [5.74, 6) is 0.646. The average Bonchev–Trinajstić information content (AvgIpc) is 3.28. The lowest BCUT2D eigenvalue weighted by Gasteiger charge is -2.08. The van der Waals surface area contributed by atoms with Gasteiger partial charge >= 0.3 is 0 Å². The first kappa shape index (κ1) is 17.6. The molecule has 0 saturated carbocycles. The van der Waals surface area contributed by atoms with Crippen molar-refractivity contribution in [2.75, 3.05) is 0 Å². The van der Waals surface area contributed by atoms with Crippen LogP contribution in [0.2, 0.25) is 0 Å². The number of rotatable bonds is 3. The molecule has 146 valence electrons. The second kappa shape index (κ2) is 7.22. The fourth-order valence-electron chi connectivity index (χ4n) is 4.00. The summed E-state index contributed by atoms with van der Waals surface area (Å²) in [6, 6.07) is 35.1. The smallest absolute Gasteiger partial charge is 0.227 e. The molecule has 2 heterocycles. The highest BCUT2D eigenvalue weighted by Gasteiger charge is 2.10. The summed E-state index contributed by atoms with van der Waals surface area (Å²) in [5, 5.41) is 1.16. The SMILES string of the molecule is c1ccc(-c2nc3ccc(-c4ccc(-c5ccnc6ccccc56)cc4)cc3o2)cc1. The second-order valence-electron chi connectivity index (χ2n) is 7.52. The topological polar surface area (TPSA) is 38.9 Å². The first-order valence-corrected chi connectivity index (χ1v) is 10.3. The van der Waals surface area contributed by atoms with Gasteiger partial charge in [0.05, 0.1) is 5.52 Å². The van der Waals surface area contributed by atoms with Crippen molar-refractivity contribution in [1.29, 1.82) is 0 Å². The molecule has 0 radical (unpaired) electrons. The predicted octanol–water partition coefficient (Wildman–Crippen LogP) is 7.38. The van der Waals surface area contributed by atoms with Crippen molar-refractivity contribution in [3.8, 4) is 33.7 Å². The second-order valence-corrected chi connectivity index (χ2v) is 7.52. The van der Waals surface area contributed by atoms with Crippen LogP contribution in [0.5, 0.6) is 0 Å². The van der Waals surface area contributed by atoms with Gasteiger partial charge in [-0.2, -0.15) is 0 Å². The Labute approximate surface area is 179 Å². The number of benzene rings is 4. The highest BCUT2D eigenvalue weighted by molar-refractivity contribution is 5.94. The van der Waals surface area contributed by atoms with Gasteiger partial charge in [0.25, 0.3) is 0 Å². The fourth-order valence-corrected chi connectivity index (χ4v) is 4.00. The van der Waals surface area contributed by atoms with Crippen molar-refractivity contribution in [2.24, 2.45) is 0 Å². The molecule has 6 aromatic rings. The Kier molecular flexibility index (Phi) is 4.10. The maximum absolute atomic E-state index is 6.04. The van der Waals surface area contributed by atoms with Gasteiger partial charge in [-0.15, -0.1) is 0 Å². The van der Waals surface area contributed by atoms with Crippen molar-refractivity contribution in [3.63, 3.8) is 0 Å². The van der Waals surface area contributed by atoms with E-state index in [9.17, 15) is 0 Å². The van der Waals surface area contributed by atoms with Gasteiger partial charge in [0.1, 0.15) is 5.52 Å². The number of pyridine rings is 1. The largest absolute Gasteiger partial charge is 0.436 e. The van der Waals surface area contributed by atoms with Crippen molar-refractivity contribution < 1.29 is 4.42 Å². The predicted molar refractivity (Wildman–Crippen MR) is 126 cm³/mol. The van der Waals surface area contributed by atoms with Gasteiger partial charge in [-0.1, -0.05) is 66.7 Å². The Morgan fingerprint density at radius 1 is 0.548 bits per heavy atom. The maximum Gasteiger partial charge on any atom is 0.227 e. The summed E-state index contributed by atoms with van der Waals surface area (Å²) in [6.45, 7) is 0. The van der Waals surface area contributed by atoms with Crippen LogP contribution in [0, 0.1) is 0 Å². The molecule has 2 aromatic heterocycles. The lowest BCUT2D eigenvalue weighted by Crippen LogP contribution is -1.84. The van der Waals surface area contributed by atoms with E-state index < -0.39 is 0 Å². The minimum absolute atomic E-state index is 0.646. The molecule has 31 heavy (non-hydrogen) atoms. The average molecular weight is 398 g/mol. The van der Waals surface area contributed by atoms with Crippen LogP contribution in [0.15, 0.2) is 114 Å². The van der Waals surface area contributed by atoms with Crippen LogP contribution >= 0.6 is 0 Å². The summed E-state index contributed by atoms with van der Waals surface area (Å²) in [5.41, 5.74) is 8.26. The molecule has 3 heteroatoms. The molecule has 0 unspecified atom stereocenters. The van der Waals surface area contributed by atoms with Crippen LogP contribution in [-0.2, 0) is 0 Å². The highest BCUT2D eigenvalue weighted by Crippen LogP contribution is 2.31. The number of para-hydroxylation sites is 1. The Morgan fingerprint density at radius 2 is 1.29 bits per heavy atom. The Balaban J connectivity index is 1.37. The Morgan fingerprint density at radius 3 is 2.16 bits per heavy atom. The van der Waals surface area contributed by atoms with Crippen LogP contribution in [-0.4, -0.2) is 9.97 Å². The number of fused-ring (bicyclic) bond motifs is 2. The van der Waals surface area contributed by atoms with E-state index in [-0.39, 0.29) is 0 Å². The number of hydrogen-bond acceptors (Lipinski definition) is 3. The molecule has 0 spiro atoms. The zero-order chi connectivity index (χ0) is 20.6. The number of oxazole rings is 1. The van der Waals surface area contributed by atoms with Crippen molar-refractivity contribution in [3.05, 3.63) is 109 Å². The van der Waals surface area contributed by atoms with E-state index in [0.717, 1.165) is 38.7 Å². The van der Waals surface area contributed by atoms with Gasteiger partial charge in [-0.05, 0) is 58.7 Å². The van der Waals surface area contributed by atoms with E-state index in [2.05, 4.69) is 64.6 Å². The molecular formula is C28H18N2O. The molecule has 0 amide bonds. The number of hydrogen-bond donors (Lipinski definition) is 0. The summed E-state index contributed by atoms with van der Waals surface area (Å²) in [6.07, 6.45) is 1.87. The number of nitrogens with zero attached hydrogens (tertiary/aromatic N) is 2. The van der Waals surface area contributed by atoms with E-state index >= 15 is 0 Å². The summed E-state index contributed by atoms with van der Waals surface area (Å²) >= 11 is 0. The normalized spacial score (nSPS) is 11.2. The van der Waals surface area contributed by atoms with Gasteiger partial charge in [0.15, 0.2) is 5.58 Å². The lowest BCUT2D eigenvalue weighted by atomic mass is 9.98. The molecule has 0 N–H and O–H groups in total. The van der Waals surface area contributed by atoms with Gasteiger partial charge in [0, 0.05) is 17.1 Å². The Hall–Kier alpha value is -4.24. The molecule has 0 atom stereocenters. The highest BCUT2D eigenvalue weighted by atomic mass is 16.3. The van der Waals surface area contributed by atoms with Crippen LogP contribution in [0.1, 0.15) is 0 Å². The van der Waals surface area contributed by atoms with Gasteiger partial charge in [0.2, 0.25) is 5.89 Å². The third kappa shape index (κ3) is 3.17. The minimum Gasteiger partial charge on any atom is -0.436 e. The van der Waals surface area contributed by atoms with E-state index in [4.69, 9.17) is 4.42 Å². The molecule has 0 saturated heterocycles. The summed E-state index contributed by atoms with van der Waals surface area (Å²) < 4.78 is 6.04. The first-order valence-electron chi connectivity index (χ1n) is 10.3. The summed E-state index contributed by atoms with van der Waals surface area (Å²) in [4.78, 5) is 9.10. The monoisotopic (exact) mass is 398 g/mol. The van der Waals surface area contributed by atoms with Gasteiger partial charge in [-0.25, -0.2) is 4.98 Å². The van der Waals surface area contributed by atoms with Crippen molar-refractivity contribution >= 4 is 22.0 Å². The zero-order valence-electron chi connectivity index (χ0n) is 16.7. The standard InChI is InChI=1S/C28H18N2O/c1-2-6-21(7-3-1)28-30-26-15-14-22(18-27(26)31-28)19-10-12-20(13-11-19)23-16-17-29-25-9-5-4-8-24(23)25/h1-18H. The molecule has 0 fully saturated rings. The quantitative estimate of drug-likeness (QED) is 0.312. The number of aromatic nitrogens is 2. The van der Waals surface area contributed by atoms with Gasteiger partial charge < -0.3 is 4.42 Å². The minimum atomic E-state index is 0.646. The molecular weight excluding hydrogens is 380 g/mol. The lowest BCUT2D eigenvalue weighted by molar-refractivity contribution is 0.620. The Bertz CT molecular complexity index is 1510. The van der Waals surface area contributed by atoms with E-state index in [1.54, 1.807) is 0 Å². The third-order valence-electron chi connectivity index (χ3n) is 5.59. The zero-order valence-corrected chi connectivity index (χ0v) is 16.7. The van der Waals surface area contributed by atoms with E-state index in [1.807, 2.05) is 54.7 Å². The van der Waals surface area contributed by atoms with Crippen LogP contribution in [0.3, 0.4) is 0 Å². The van der Waals surface area contributed by atoms with E-state index in [0.29, 0.717) is 5.89 Å². The van der Waals surface area contributed by atoms with E-state index in [1.165, 1.54) is 11.1 Å². The van der Waals surface area contributed by atoms with Crippen LogP contribution < -0.4 is 0 Å². The van der Waals surface area contributed by atoms with Gasteiger partial charge in [-0.3, -0.25) is 4.98 Å². The fraction of sp³-hybridized carbons (Fsp3) is 0. The summed E-state index contributed by atoms with van der Waals surface area (Å²) in [7, 11) is 0. The van der Waals surface area contributed by atoms with Crippen molar-refractivity contribution in [1.82, 2.24) is 9.97 Å². The maximum atomic E-state index is 6.04.